The number of hydrogen-bond acceptors (Lipinski definition) is 8. The highest BCUT2D eigenvalue weighted by Crippen LogP contribution is 2.14. The van der Waals surface area contributed by atoms with Gasteiger partial charge in [-0.25, -0.2) is 14.4 Å². The molecule has 33 heavy (non-hydrogen) atoms. The summed E-state index contributed by atoms with van der Waals surface area (Å²) >= 11 is 0. The molecule has 0 aliphatic carbocycles. The molecule has 0 atom stereocenters. The van der Waals surface area contributed by atoms with E-state index in [9.17, 15) is 9.18 Å². The number of amides is 1. The topological polar surface area (TPSA) is 145 Å². The van der Waals surface area contributed by atoms with E-state index in [0.717, 1.165) is 6.42 Å². The molecular weight excluding hydrogens is 425 g/mol. The average molecular weight is 456 g/mol. The fourth-order valence-electron chi connectivity index (χ4n) is 2.54. The SMILES string of the molecule is CC/C=C\C=C(/CF)CN=C(C=C(N)c1ncc(C(=O)NC(C)(C)C)c(N)n1)c1ccon1. The molecule has 0 saturated carbocycles. The Bertz CT molecular complexity index is 1060. The lowest BCUT2D eigenvalue weighted by Crippen LogP contribution is -2.41. The van der Waals surface area contributed by atoms with Crippen LogP contribution in [0.25, 0.3) is 5.70 Å². The number of aromatic nitrogens is 3. The highest BCUT2D eigenvalue weighted by molar-refractivity contribution is 6.10. The zero-order chi connectivity index (χ0) is 24.4. The highest BCUT2D eigenvalue weighted by atomic mass is 19.1. The van der Waals surface area contributed by atoms with Gasteiger partial charge in [0.1, 0.15) is 24.4 Å². The van der Waals surface area contributed by atoms with Gasteiger partial charge in [-0.1, -0.05) is 30.3 Å². The van der Waals surface area contributed by atoms with Crippen molar-refractivity contribution in [2.24, 2.45) is 10.7 Å². The Morgan fingerprint density at radius 3 is 2.70 bits per heavy atom. The molecule has 2 heterocycles. The van der Waals surface area contributed by atoms with Crippen LogP contribution >= 0.6 is 0 Å². The van der Waals surface area contributed by atoms with Crippen molar-refractivity contribution in [3.05, 3.63) is 65.5 Å². The Kier molecular flexibility index (Phi) is 9.02. The molecule has 1 amide bonds. The van der Waals surface area contributed by atoms with E-state index in [2.05, 4.69) is 25.4 Å². The summed E-state index contributed by atoms with van der Waals surface area (Å²) < 4.78 is 18.2. The smallest absolute Gasteiger partial charge is 0.257 e. The summed E-state index contributed by atoms with van der Waals surface area (Å²) in [6, 6.07) is 1.60. The fraction of sp³-hybridized carbons (Fsp3) is 0.348. The van der Waals surface area contributed by atoms with Crippen molar-refractivity contribution in [1.82, 2.24) is 20.4 Å². The standard InChI is InChI=1S/C23H30FN7O2/c1-5-6-7-8-15(12-24)13-27-19(18-9-10-33-31-18)11-17(25)21-28-14-16(20(26)29-21)22(32)30-23(2,3)4/h6-11,14H,5,12-13,25H2,1-4H3,(H,30,32)(H2,26,28,29)/b7-6-,15-8+,17-11?,27-19?. The largest absolute Gasteiger partial charge is 0.396 e. The van der Waals surface area contributed by atoms with Crippen LogP contribution in [0.2, 0.25) is 0 Å². The number of nitrogens with two attached hydrogens (primary N) is 2. The maximum Gasteiger partial charge on any atom is 0.257 e. The van der Waals surface area contributed by atoms with E-state index < -0.39 is 12.2 Å². The summed E-state index contributed by atoms with van der Waals surface area (Å²) in [7, 11) is 0. The molecule has 0 saturated heterocycles. The molecule has 0 unspecified atom stereocenters. The number of nitrogens with one attached hydrogen (secondary N) is 1. The predicted octanol–water partition coefficient (Wildman–Crippen LogP) is 3.23. The van der Waals surface area contributed by atoms with Crippen molar-refractivity contribution in [2.75, 3.05) is 19.0 Å². The number of nitrogens with zero attached hydrogens (tertiary/aromatic N) is 4. The average Bonchev–Trinajstić information content (AvgIpc) is 3.28. The molecule has 5 N–H and O–H groups in total. The molecule has 2 aromatic rings. The Balaban J connectivity index is 2.33. The van der Waals surface area contributed by atoms with Gasteiger partial charge in [-0.3, -0.25) is 9.79 Å². The highest BCUT2D eigenvalue weighted by Gasteiger charge is 2.19. The van der Waals surface area contributed by atoms with Crippen molar-refractivity contribution in [3.8, 4) is 0 Å². The van der Waals surface area contributed by atoms with E-state index >= 15 is 0 Å². The monoisotopic (exact) mass is 455 g/mol. The van der Waals surface area contributed by atoms with E-state index in [1.165, 1.54) is 18.5 Å². The fourth-order valence-corrected chi connectivity index (χ4v) is 2.54. The number of nitrogen functional groups attached to an aromatic ring is 1. The van der Waals surface area contributed by atoms with Crippen LogP contribution in [-0.2, 0) is 0 Å². The zero-order valence-corrected chi connectivity index (χ0v) is 19.3. The van der Waals surface area contributed by atoms with Crippen LogP contribution in [-0.4, -0.2) is 45.5 Å². The second kappa shape index (κ2) is 11.7. The van der Waals surface area contributed by atoms with Gasteiger partial charge in [0.05, 0.1) is 23.5 Å². The van der Waals surface area contributed by atoms with Gasteiger partial charge in [0.25, 0.3) is 5.91 Å². The Morgan fingerprint density at radius 2 is 2.12 bits per heavy atom. The second-order valence-corrected chi connectivity index (χ2v) is 8.18. The number of allylic oxidation sites excluding steroid dienone is 4. The first-order valence-electron chi connectivity index (χ1n) is 10.4. The number of anilines is 1. The quantitative estimate of drug-likeness (QED) is 0.389. The number of carbonyl (C=O) groups excluding carboxylic acids is 1. The summed E-state index contributed by atoms with van der Waals surface area (Å²) in [5.74, 6) is -0.284. The molecule has 9 nitrogen and oxygen atoms in total. The third kappa shape index (κ3) is 7.99. The predicted molar refractivity (Wildman–Crippen MR) is 127 cm³/mol. The van der Waals surface area contributed by atoms with Crippen LogP contribution in [0.1, 0.15) is 56.0 Å². The van der Waals surface area contributed by atoms with Crippen LogP contribution < -0.4 is 16.8 Å². The minimum atomic E-state index is -0.638. The molecule has 10 heteroatoms. The molecular formula is C23H30FN7O2. The third-order valence-corrected chi connectivity index (χ3v) is 4.13. The summed E-state index contributed by atoms with van der Waals surface area (Å²) in [5, 5.41) is 6.68. The molecule has 0 aliphatic heterocycles. The first-order valence-corrected chi connectivity index (χ1v) is 10.4. The van der Waals surface area contributed by atoms with Crippen LogP contribution in [0.5, 0.6) is 0 Å². The van der Waals surface area contributed by atoms with Crippen molar-refractivity contribution in [3.63, 3.8) is 0 Å². The maximum absolute atomic E-state index is 13.3. The Labute approximate surface area is 192 Å². The van der Waals surface area contributed by atoms with Crippen LogP contribution in [0.3, 0.4) is 0 Å². The van der Waals surface area contributed by atoms with Gasteiger partial charge in [-0.15, -0.1) is 0 Å². The third-order valence-electron chi connectivity index (χ3n) is 4.13. The first kappa shape index (κ1) is 25.4. The Morgan fingerprint density at radius 1 is 1.36 bits per heavy atom. The van der Waals surface area contributed by atoms with Crippen LogP contribution in [0.4, 0.5) is 10.2 Å². The van der Waals surface area contributed by atoms with Crippen LogP contribution in [0, 0.1) is 0 Å². The number of rotatable bonds is 9. The molecule has 0 aliphatic rings. The van der Waals surface area contributed by atoms with Gasteiger partial charge < -0.3 is 21.3 Å². The van der Waals surface area contributed by atoms with Crippen LogP contribution in [0.15, 0.2) is 57.9 Å². The Hall–Kier alpha value is -3.82. The number of hydrogen-bond donors (Lipinski definition) is 3. The van der Waals surface area contributed by atoms with Crippen molar-refractivity contribution in [1.29, 1.82) is 0 Å². The molecule has 0 fully saturated rings. The first-order chi connectivity index (χ1) is 15.6. The van der Waals surface area contributed by atoms with Gasteiger partial charge in [0.15, 0.2) is 5.82 Å². The molecule has 0 aromatic carbocycles. The molecule has 176 valence electrons. The number of aliphatic imine (C=N–C) groups is 1. The summed E-state index contributed by atoms with van der Waals surface area (Å²) in [6.07, 6.45) is 10.5. The number of carbonyl (C=O) groups is 1. The van der Waals surface area contributed by atoms with Gasteiger partial charge in [-0.2, -0.15) is 0 Å². The second-order valence-electron chi connectivity index (χ2n) is 8.18. The minimum absolute atomic E-state index is 0.0108. The van der Waals surface area contributed by atoms with Crippen molar-refractivity contribution >= 4 is 23.1 Å². The number of alkyl halides is 1. The number of halogens is 1. The van der Waals surface area contributed by atoms with Gasteiger partial charge >= 0.3 is 0 Å². The van der Waals surface area contributed by atoms with E-state index in [4.69, 9.17) is 16.0 Å². The lowest BCUT2D eigenvalue weighted by atomic mass is 10.1. The van der Waals surface area contributed by atoms with E-state index in [0.29, 0.717) is 17.0 Å². The minimum Gasteiger partial charge on any atom is -0.396 e. The molecule has 2 aromatic heterocycles. The van der Waals surface area contributed by atoms with Gasteiger partial charge in [-0.05, 0) is 38.8 Å². The molecule has 0 spiro atoms. The normalized spacial score (nSPS) is 13.5. The molecule has 0 radical (unpaired) electrons. The lowest BCUT2D eigenvalue weighted by molar-refractivity contribution is 0.0920. The van der Waals surface area contributed by atoms with Crippen molar-refractivity contribution in [2.45, 2.75) is 39.7 Å². The summed E-state index contributed by atoms with van der Waals surface area (Å²) in [6.45, 7) is 7.01. The summed E-state index contributed by atoms with van der Waals surface area (Å²) in [4.78, 5) is 25.1. The van der Waals surface area contributed by atoms with E-state index in [-0.39, 0.29) is 35.4 Å². The van der Waals surface area contributed by atoms with Gasteiger partial charge in [0.2, 0.25) is 0 Å². The maximum atomic E-state index is 13.3. The van der Waals surface area contributed by atoms with E-state index in [1.807, 2.05) is 33.8 Å². The zero-order valence-electron chi connectivity index (χ0n) is 19.3. The molecule has 0 bridgehead atoms. The van der Waals surface area contributed by atoms with Crippen molar-refractivity contribution < 1.29 is 13.7 Å². The van der Waals surface area contributed by atoms with Gasteiger partial charge in [0, 0.05) is 17.8 Å². The summed E-state index contributed by atoms with van der Waals surface area (Å²) in [5.41, 5.74) is 13.2. The lowest BCUT2D eigenvalue weighted by Gasteiger charge is -2.20. The molecule has 2 rings (SSSR count). The van der Waals surface area contributed by atoms with E-state index in [1.54, 1.807) is 18.2 Å².